The van der Waals surface area contributed by atoms with Gasteiger partial charge in [-0.25, -0.2) is 9.97 Å². The zero-order chi connectivity index (χ0) is 20.8. The topological polar surface area (TPSA) is 105 Å². The summed E-state index contributed by atoms with van der Waals surface area (Å²) in [7, 11) is 0. The minimum absolute atomic E-state index is 0.153. The van der Waals surface area contributed by atoms with Crippen molar-refractivity contribution in [2.45, 2.75) is 32.6 Å². The van der Waals surface area contributed by atoms with E-state index in [0.717, 1.165) is 0 Å². The Labute approximate surface area is 169 Å². The number of aromatic nitrogens is 2. The standard InChI is InChI=1S/C21H24N4O4/c1-3-28-20(26)14-9-11-25(12-10-14)19-18(15(13-22)21(27)29-4-2)23-16-7-5-6-8-17(16)24-19/h5-8,14-15H,3-4,9-12H2,1-2H3. The molecule has 0 bridgehead atoms. The molecule has 0 amide bonds. The van der Waals surface area contributed by atoms with Crippen molar-refractivity contribution in [3.8, 4) is 6.07 Å². The van der Waals surface area contributed by atoms with E-state index in [0.29, 0.717) is 55.1 Å². The molecule has 152 valence electrons. The third kappa shape index (κ3) is 4.45. The van der Waals surface area contributed by atoms with Crippen LogP contribution in [0.25, 0.3) is 11.0 Å². The van der Waals surface area contributed by atoms with E-state index in [1.807, 2.05) is 29.2 Å². The molecule has 8 nitrogen and oxygen atoms in total. The number of nitrogens with zero attached hydrogens (tertiary/aromatic N) is 4. The average molecular weight is 396 g/mol. The number of rotatable bonds is 6. The number of nitriles is 1. The van der Waals surface area contributed by atoms with Crippen molar-refractivity contribution in [2.24, 2.45) is 5.92 Å². The van der Waals surface area contributed by atoms with Gasteiger partial charge < -0.3 is 14.4 Å². The molecule has 1 unspecified atom stereocenters. The van der Waals surface area contributed by atoms with Gasteiger partial charge in [-0.2, -0.15) is 5.26 Å². The van der Waals surface area contributed by atoms with Crippen molar-refractivity contribution < 1.29 is 19.1 Å². The summed E-state index contributed by atoms with van der Waals surface area (Å²) in [6.07, 6.45) is 1.23. The van der Waals surface area contributed by atoms with Crippen LogP contribution in [0.4, 0.5) is 5.82 Å². The van der Waals surface area contributed by atoms with Crippen LogP contribution >= 0.6 is 0 Å². The summed E-state index contributed by atoms with van der Waals surface area (Å²) in [5, 5.41) is 9.65. The van der Waals surface area contributed by atoms with Gasteiger partial charge in [0, 0.05) is 13.1 Å². The van der Waals surface area contributed by atoms with Crippen LogP contribution in [0.15, 0.2) is 24.3 Å². The van der Waals surface area contributed by atoms with Crippen molar-refractivity contribution in [1.82, 2.24) is 9.97 Å². The van der Waals surface area contributed by atoms with Crippen molar-refractivity contribution in [2.75, 3.05) is 31.2 Å². The minimum Gasteiger partial charge on any atom is -0.466 e. The smallest absolute Gasteiger partial charge is 0.329 e. The molecule has 1 aliphatic rings. The summed E-state index contributed by atoms with van der Waals surface area (Å²) in [6.45, 7) is 5.15. The molecule has 1 aromatic carbocycles. The van der Waals surface area contributed by atoms with Gasteiger partial charge in [0.15, 0.2) is 11.7 Å². The van der Waals surface area contributed by atoms with Gasteiger partial charge >= 0.3 is 11.9 Å². The lowest BCUT2D eigenvalue weighted by Crippen LogP contribution is -2.38. The Bertz CT molecular complexity index is 932. The molecule has 1 saturated heterocycles. The Morgan fingerprint density at radius 1 is 1.14 bits per heavy atom. The Balaban J connectivity index is 1.95. The monoisotopic (exact) mass is 396 g/mol. The molecule has 8 heteroatoms. The van der Waals surface area contributed by atoms with Crippen molar-refractivity contribution >= 4 is 28.8 Å². The highest BCUT2D eigenvalue weighted by Crippen LogP contribution is 2.31. The number of piperidine rings is 1. The fraction of sp³-hybridized carbons (Fsp3) is 0.476. The van der Waals surface area contributed by atoms with Gasteiger partial charge in [-0.05, 0) is 38.8 Å². The Hall–Kier alpha value is -3.21. The fourth-order valence-corrected chi connectivity index (χ4v) is 3.47. The lowest BCUT2D eigenvalue weighted by Gasteiger charge is -2.33. The van der Waals surface area contributed by atoms with Crippen LogP contribution in [0, 0.1) is 17.2 Å². The van der Waals surface area contributed by atoms with Gasteiger partial charge in [0.1, 0.15) is 5.69 Å². The number of carbonyl (C=O) groups is 2. The van der Waals surface area contributed by atoms with E-state index in [-0.39, 0.29) is 18.5 Å². The minimum atomic E-state index is -1.16. The SMILES string of the molecule is CCOC(=O)C1CCN(c2nc3ccccc3nc2C(C#N)C(=O)OCC)CC1. The van der Waals surface area contributed by atoms with E-state index in [2.05, 4.69) is 4.98 Å². The highest BCUT2D eigenvalue weighted by Gasteiger charge is 2.33. The first-order valence-corrected chi connectivity index (χ1v) is 9.83. The summed E-state index contributed by atoms with van der Waals surface area (Å²) in [6, 6.07) is 9.34. The van der Waals surface area contributed by atoms with E-state index >= 15 is 0 Å². The first kappa shape index (κ1) is 20.5. The van der Waals surface area contributed by atoms with E-state index in [9.17, 15) is 14.9 Å². The third-order valence-electron chi connectivity index (χ3n) is 4.92. The molecule has 1 fully saturated rings. The first-order chi connectivity index (χ1) is 14.1. The van der Waals surface area contributed by atoms with E-state index in [4.69, 9.17) is 14.5 Å². The fourth-order valence-electron chi connectivity index (χ4n) is 3.47. The zero-order valence-corrected chi connectivity index (χ0v) is 16.6. The van der Waals surface area contributed by atoms with E-state index < -0.39 is 11.9 Å². The molecular formula is C21H24N4O4. The van der Waals surface area contributed by atoms with Crippen LogP contribution in [0.3, 0.4) is 0 Å². The van der Waals surface area contributed by atoms with Crippen LogP contribution < -0.4 is 4.90 Å². The Kier molecular flexibility index (Phi) is 6.60. The maximum absolute atomic E-state index is 12.4. The second kappa shape index (κ2) is 9.32. The molecule has 2 heterocycles. The average Bonchev–Trinajstić information content (AvgIpc) is 2.74. The lowest BCUT2D eigenvalue weighted by molar-refractivity contribution is -0.148. The summed E-state index contributed by atoms with van der Waals surface area (Å²) in [4.78, 5) is 35.7. The van der Waals surface area contributed by atoms with Crippen LogP contribution in [0.5, 0.6) is 0 Å². The number of hydrogen-bond donors (Lipinski definition) is 0. The van der Waals surface area contributed by atoms with Crippen molar-refractivity contribution in [3.05, 3.63) is 30.0 Å². The molecule has 1 aliphatic heterocycles. The zero-order valence-electron chi connectivity index (χ0n) is 16.6. The molecule has 0 N–H and O–H groups in total. The molecule has 0 radical (unpaired) electrons. The number of para-hydroxylation sites is 2. The number of carbonyl (C=O) groups excluding carboxylic acids is 2. The summed E-state index contributed by atoms with van der Waals surface area (Å²) >= 11 is 0. The lowest BCUT2D eigenvalue weighted by atomic mass is 9.96. The van der Waals surface area contributed by atoms with E-state index in [1.54, 1.807) is 19.9 Å². The summed E-state index contributed by atoms with van der Waals surface area (Å²) in [5.74, 6) is -1.64. The number of fused-ring (bicyclic) bond motifs is 1. The number of benzene rings is 1. The van der Waals surface area contributed by atoms with Gasteiger partial charge in [-0.15, -0.1) is 0 Å². The van der Waals surface area contributed by atoms with Crippen molar-refractivity contribution in [3.63, 3.8) is 0 Å². The summed E-state index contributed by atoms with van der Waals surface area (Å²) in [5.41, 5.74) is 1.58. The maximum Gasteiger partial charge on any atom is 0.329 e. The molecular weight excluding hydrogens is 372 g/mol. The second-order valence-corrected chi connectivity index (χ2v) is 6.75. The van der Waals surface area contributed by atoms with Crippen LogP contribution in [0.2, 0.25) is 0 Å². The predicted molar refractivity (Wildman–Crippen MR) is 106 cm³/mol. The molecule has 3 rings (SSSR count). The Morgan fingerprint density at radius 3 is 2.34 bits per heavy atom. The third-order valence-corrected chi connectivity index (χ3v) is 4.92. The number of hydrogen-bond acceptors (Lipinski definition) is 8. The molecule has 29 heavy (non-hydrogen) atoms. The molecule has 0 saturated carbocycles. The van der Waals surface area contributed by atoms with Crippen LogP contribution in [-0.2, 0) is 19.1 Å². The van der Waals surface area contributed by atoms with Gasteiger partial charge in [-0.3, -0.25) is 9.59 Å². The number of anilines is 1. The Morgan fingerprint density at radius 2 is 1.76 bits per heavy atom. The maximum atomic E-state index is 12.4. The predicted octanol–water partition coefficient (Wildman–Crippen LogP) is 2.58. The molecule has 0 spiro atoms. The quantitative estimate of drug-likeness (QED) is 0.686. The first-order valence-electron chi connectivity index (χ1n) is 9.83. The highest BCUT2D eigenvalue weighted by atomic mass is 16.5. The van der Waals surface area contributed by atoms with Crippen LogP contribution in [0.1, 0.15) is 38.3 Å². The van der Waals surface area contributed by atoms with Gasteiger partial charge in [0.05, 0.1) is 36.2 Å². The molecule has 1 atom stereocenters. The van der Waals surface area contributed by atoms with Crippen LogP contribution in [-0.4, -0.2) is 48.2 Å². The number of ether oxygens (including phenoxy) is 2. The largest absolute Gasteiger partial charge is 0.466 e. The second-order valence-electron chi connectivity index (χ2n) is 6.75. The highest BCUT2D eigenvalue weighted by molar-refractivity contribution is 5.85. The van der Waals surface area contributed by atoms with Gasteiger partial charge in [0.25, 0.3) is 0 Å². The normalized spacial score (nSPS) is 15.6. The van der Waals surface area contributed by atoms with E-state index in [1.165, 1.54) is 0 Å². The van der Waals surface area contributed by atoms with Gasteiger partial charge in [-0.1, -0.05) is 12.1 Å². The van der Waals surface area contributed by atoms with Crippen molar-refractivity contribution in [1.29, 1.82) is 5.26 Å². The molecule has 1 aromatic heterocycles. The molecule has 0 aliphatic carbocycles. The van der Waals surface area contributed by atoms with Gasteiger partial charge in [0.2, 0.25) is 0 Å². The number of esters is 2. The molecule has 2 aromatic rings. The summed E-state index contributed by atoms with van der Waals surface area (Å²) < 4.78 is 10.2.